The molecule has 1 aromatic rings. The van der Waals surface area contributed by atoms with Crippen molar-refractivity contribution >= 4 is 15.9 Å². The average molecular weight is 328 g/mol. The van der Waals surface area contributed by atoms with Gasteiger partial charge >= 0.3 is 0 Å². The molecule has 3 nitrogen and oxygen atoms in total. The Morgan fingerprint density at radius 1 is 1.16 bits per heavy atom. The second kappa shape index (κ2) is 6.62. The molecule has 2 rings (SSSR count). The molecule has 1 atom stereocenters. The van der Waals surface area contributed by atoms with E-state index in [0.29, 0.717) is 19.1 Å². The standard InChI is InChI=1S/C15H22BrNO2/c1-3-10(4-2)15(17)11-8-13-14(9-12(11)16)19-7-5-6-18-13/h8-10,15H,3-7,17H2,1-2H3. The molecule has 0 aliphatic carbocycles. The number of rotatable bonds is 4. The van der Waals surface area contributed by atoms with Crippen molar-refractivity contribution in [3.05, 3.63) is 22.2 Å². The van der Waals surface area contributed by atoms with E-state index in [9.17, 15) is 0 Å². The van der Waals surface area contributed by atoms with Crippen molar-refractivity contribution in [3.63, 3.8) is 0 Å². The van der Waals surface area contributed by atoms with Crippen molar-refractivity contribution in [2.75, 3.05) is 13.2 Å². The molecule has 106 valence electrons. The lowest BCUT2D eigenvalue weighted by molar-refractivity contribution is 0.296. The van der Waals surface area contributed by atoms with Gasteiger partial charge in [-0.1, -0.05) is 42.6 Å². The second-order valence-electron chi connectivity index (χ2n) is 4.97. The van der Waals surface area contributed by atoms with Crippen molar-refractivity contribution in [2.45, 2.75) is 39.2 Å². The molecule has 0 amide bonds. The van der Waals surface area contributed by atoms with Crippen molar-refractivity contribution in [2.24, 2.45) is 11.7 Å². The van der Waals surface area contributed by atoms with E-state index in [-0.39, 0.29) is 6.04 Å². The van der Waals surface area contributed by atoms with Crippen LogP contribution in [0.1, 0.15) is 44.7 Å². The van der Waals surface area contributed by atoms with Crippen LogP contribution in [-0.2, 0) is 0 Å². The van der Waals surface area contributed by atoms with Crippen LogP contribution in [0.25, 0.3) is 0 Å². The SMILES string of the molecule is CCC(CC)C(N)c1cc2c(cc1Br)OCCCO2. The molecule has 0 aromatic heterocycles. The Morgan fingerprint density at radius 3 is 2.32 bits per heavy atom. The van der Waals surface area contributed by atoms with Gasteiger partial charge in [0.15, 0.2) is 11.5 Å². The summed E-state index contributed by atoms with van der Waals surface area (Å²) < 4.78 is 12.4. The van der Waals surface area contributed by atoms with Gasteiger partial charge in [-0.05, 0) is 23.6 Å². The highest BCUT2D eigenvalue weighted by Gasteiger charge is 2.22. The van der Waals surface area contributed by atoms with Crippen LogP contribution in [-0.4, -0.2) is 13.2 Å². The van der Waals surface area contributed by atoms with Gasteiger partial charge in [-0.15, -0.1) is 0 Å². The van der Waals surface area contributed by atoms with Gasteiger partial charge in [0.1, 0.15) is 0 Å². The lowest BCUT2D eigenvalue weighted by atomic mass is 9.89. The van der Waals surface area contributed by atoms with Gasteiger partial charge in [-0.25, -0.2) is 0 Å². The minimum absolute atomic E-state index is 0.0292. The summed E-state index contributed by atoms with van der Waals surface area (Å²) in [6.45, 7) is 5.78. The first-order valence-corrected chi connectivity index (χ1v) is 7.81. The van der Waals surface area contributed by atoms with E-state index < -0.39 is 0 Å². The third-order valence-corrected chi connectivity index (χ3v) is 4.47. The van der Waals surface area contributed by atoms with Gasteiger partial charge < -0.3 is 15.2 Å². The maximum atomic E-state index is 6.41. The van der Waals surface area contributed by atoms with Crippen LogP contribution in [0.3, 0.4) is 0 Å². The topological polar surface area (TPSA) is 44.5 Å². The zero-order valence-electron chi connectivity index (χ0n) is 11.6. The third-order valence-electron chi connectivity index (χ3n) is 3.78. The van der Waals surface area contributed by atoms with Gasteiger partial charge in [-0.3, -0.25) is 0 Å². The quantitative estimate of drug-likeness (QED) is 0.907. The lowest BCUT2D eigenvalue weighted by Crippen LogP contribution is -2.21. The van der Waals surface area contributed by atoms with E-state index in [1.807, 2.05) is 12.1 Å². The number of ether oxygens (including phenoxy) is 2. The van der Waals surface area contributed by atoms with Crippen LogP contribution in [0.2, 0.25) is 0 Å². The second-order valence-corrected chi connectivity index (χ2v) is 5.83. The summed E-state index contributed by atoms with van der Waals surface area (Å²) in [4.78, 5) is 0. The summed E-state index contributed by atoms with van der Waals surface area (Å²) in [6, 6.07) is 4.05. The molecule has 0 fully saturated rings. The van der Waals surface area contributed by atoms with Gasteiger partial charge in [0, 0.05) is 16.9 Å². The highest BCUT2D eigenvalue weighted by Crippen LogP contribution is 2.39. The predicted octanol–water partition coefficient (Wildman–Crippen LogP) is 4.05. The molecule has 1 heterocycles. The van der Waals surface area contributed by atoms with E-state index in [1.54, 1.807) is 0 Å². The minimum Gasteiger partial charge on any atom is -0.490 e. The fourth-order valence-corrected chi connectivity index (χ4v) is 3.09. The molecule has 1 aliphatic rings. The first-order chi connectivity index (χ1) is 9.17. The molecular weight excluding hydrogens is 306 g/mol. The number of halogens is 1. The Labute approximate surface area is 123 Å². The molecule has 2 N–H and O–H groups in total. The molecule has 0 radical (unpaired) electrons. The van der Waals surface area contributed by atoms with Crippen LogP contribution in [0.5, 0.6) is 11.5 Å². The average Bonchev–Trinajstić information content (AvgIpc) is 2.63. The van der Waals surface area contributed by atoms with E-state index in [2.05, 4.69) is 29.8 Å². The molecule has 19 heavy (non-hydrogen) atoms. The maximum absolute atomic E-state index is 6.41. The number of nitrogens with two attached hydrogens (primary N) is 1. The Balaban J connectivity index is 2.33. The molecular formula is C15H22BrNO2. The van der Waals surface area contributed by atoms with Crippen molar-refractivity contribution in [1.29, 1.82) is 0 Å². The van der Waals surface area contributed by atoms with Crippen molar-refractivity contribution in [1.82, 2.24) is 0 Å². The van der Waals surface area contributed by atoms with E-state index >= 15 is 0 Å². The lowest BCUT2D eigenvalue weighted by Gasteiger charge is -2.23. The number of benzene rings is 1. The Hall–Kier alpha value is -0.740. The summed E-state index contributed by atoms with van der Waals surface area (Å²) in [5.41, 5.74) is 7.52. The van der Waals surface area contributed by atoms with Gasteiger partial charge in [0.25, 0.3) is 0 Å². The molecule has 4 heteroatoms. The molecule has 0 saturated heterocycles. The summed E-state index contributed by atoms with van der Waals surface area (Å²) in [5, 5.41) is 0. The Kier molecular flexibility index (Phi) is 5.11. The third kappa shape index (κ3) is 3.23. The number of fused-ring (bicyclic) bond motifs is 1. The fraction of sp³-hybridized carbons (Fsp3) is 0.600. The predicted molar refractivity (Wildman–Crippen MR) is 80.7 cm³/mol. The fourth-order valence-electron chi connectivity index (χ4n) is 2.51. The van der Waals surface area contributed by atoms with E-state index in [0.717, 1.165) is 40.8 Å². The largest absolute Gasteiger partial charge is 0.490 e. The first kappa shape index (κ1) is 14.7. The Morgan fingerprint density at radius 2 is 1.74 bits per heavy atom. The molecule has 1 aromatic carbocycles. The number of hydrogen-bond acceptors (Lipinski definition) is 3. The van der Waals surface area contributed by atoms with Crippen LogP contribution >= 0.6 is 15.9 Å². The zero-order chi connectivity index (χ0) is 13.8. The Bertz CT molecular complexity index is 432. The molecule has 0 bridgehead atoms. The normalized spacial score (nSPS) is 16.3. The van der Waals surface area contributed by atoms with Crippen LogP contribution < -0.4 is 15.2 Å². The van der Waals surface area contributed by atoms with Crippen molar-refractivity contribution in [3.8, 4) is 11.5 Å². The monoisotopic (exact) mass is 327 g/mol. The van der Waals surface area contributed by atoms with E-state index in [1.165, 1.54) is 0 Å². The zero-order valence-corrected chi connectivity index (χ0v) is 13.2. The van der Waals surface area contributed by atoms with E-state index in [4.69, 9.17) is 15.2 Å². The highest BCUT2D eigenvalue weighted by atomic mass is 79.9. The minimum atomic E-state index is 0.0292. The van der Waals surface area contributed by atoms with Gasteiger partial charge in [0.2, 0.25) is 0 Å². The maximum Gasteiger partial charge on any atom is 0.162 e. The van der Waals surface area contributed by atoms with Crippen LogP contribution in [0.15, 0.2) is 16.6 Å². The summed E-state index contributed by atoms with van der Waals surface area (Å²) in [7, 11) is 0. The van der Waals surface area contributed by atoms with Crippen molar-refractivity contribution < 1.29 is 9.47 Å². The van der Waals surface area contributed by atoms with Crippen LogP contribution in [0.4, 0.5) is 0 Å². The van der Waals surface area contributed by atoms with Gasteiger partial charge in [-0.2, -0.15) is 0 Å². The molecule has 0 spiro atoms. The number of hydrogen-bond donors (Lipinski definition) is 1. The highest BCUT2D eigenvalue weighted by molar-refractivity contribution is 9.10. The smallest absolute Gasteiger partial charge is 0.162 e. The summed E-state index contributed by atoms with van der Waals surface area (Å²) in [6.07, 6.45) is 3.08. The summed E-state index contributed by atoms with van der Waals surface area (Å²) in [5.74, 6) is 2.11. The molecule has 1 aliphatic heterocycles. The first-order valence-electron chi connectivity index (χ1n) is 7.02. The molecule has 1 unspecified atom stereocenters. The van der Waals surface area contributed by atoms with Crippen LogP contribution in [0, 0.1) is 5.92 Å². The molecule has 0 saturated carbocycles. The summed E-state index contributed by atoms with van der Waals surface area (Å²) >= 11 is 3.61. The van der Waals surface area contributed by atoms with Gasteiger partial charge in [0.05, 0.1) is 13.2 Å².